The Bertz CT molecular complexity index is 229. The molecule has 1 aliphatic heterocycles. The fourth-order valence-electron chi connectivity index (χ4n) is 2.08. The van der Waals surface area contributed by atoms with Gasteiger partial charge in [0.2, 0.25) is 5.91 Å². The minimum atomic E-state index is -0.0197. The fourth-order valence-corrected chi connectivity index (χ4v) is 2.08. The highest BCUT2D eigenvalue weighted by Crippen LogP contribution is 2.29. The molecule has 0 bridgehead atoms. The summed E-state index contributed by atoms with van der Waals surface area (Å²) in [6.07, 6.45) is 3.94. The van der Waals surface area contributed by atoms with E-state index in [0.29, 0.717) is 11.8 Å². The first-order chi connectivity index (χ1) is 6.91. The maximum Gasteiger partial charge on any atom is 0.224 e. The molecule has 2 N–H and O–H groups in total. The molecule has 0 aromatic carbocycles. The van der Waals surface area contributed by atoms with Crippen molar-refractivity contribution in [3.8, 4) is 0 Å². The first kappa shape index (κ1) is 15.7. The van der Waals surface area contributed by atoms with Crippen LogP contribution >= 0.6 is 12.4 Å². The van der Waals surface area contributed by atoms with Crippen molar-refractivity contribution in [2.24, 2.45) is 11.1 Å². The third-order valence-corrected chi connectivity index (χ3v) is 3.19. The molecule has 0 radical (unpaired) electrons. The van der Waals surface area contributed by atoms with Gasteiger partial charge in [0.05, 0.1) is 0 Å². The number of hydrogen-bond donors (Lipinski definition) is 1. The molecule has 1 unspecified atom stereocenters. The molecule has 1 rings (SSSR count). The summed E-state index contributed by atoms with van der Waals surface area (Å²) in [6.45, 7) is 8.27. The normalized spacial score (nSPS) is 21.9. The molecule has 16 heavy (non-hydrogen) atoms. The lowest BCUT2D eigenvalue weighted by atomic mass is 9.85. The van der Waals surface area contributed by atoms with Gasteiger partial charge in [0, 0.05) is 25.6 Å². The average molecular weight is 249 g/mol. The zero-order valence-corrected chi connectivity index (χ0v) is 11.5. The van der Waals surface area contributed by atoms with Crippen LogP contribution in [0, 0.1) is 5.41 Å². The van der Waals surface area contributed by atoms with Crippen LogP contribution in [0.15, 0.2) is 0 Å². The van der Waals surface area contributed by atoms with E-state index in [1.807, 2.05) is 11.8 Å². The quantitative estimate of drug-likeness (QED) is 0.814. The molecular weight excluding hydrogens is 224 g/mol. The molecule has 4 heteroatoms. The Kier molecular flexibility index (Phi) is 6.34. The van der Waals surface area contributed by atoms with Gasteiger partial charge in [0.1, 0.15) is 0 Å². The highest BCUT2D eigenvalue weighted by Gasteiger charge is 2.25. The molecule has 96 valence electrons. The van der Waals surface area contributed by atoms with Gasteiger partial charge in [-0.25, -0.2) is 0 Å². The van der Waals surface area contributed by atoms with E-state index in [2.05, 4.69) is 13.8 Å². The Morgan fingerprint density at radius 1 is 1.38 bits per heavy atom. The first-order valence-electron chi connectivity index (χ1n) is 5.94. The topological polar surface area (TPSA) is 46.3 Å². The molecule has 0 spiro atoms. The number of carbonyl (C=O) groups excluding carboxylic acids is 1. The van der Waals surface area contributed by atoms with Crippen molar-refractivity contribution in [1.29, 1.82) is 0 Å². The number of nitrogens with two attached hydrogens (primary N) is 1. The zero-order valence-electron chi connectivity index (χ0n) is 10.7. The van der Waals surface area contributed by atoms with E-state index >= 15 is 0 Å². The van der Waals surface area contributed by atoms with Crippen molar-refractivity contribution in [2.75, 3.05) is 13.1 Å². The number of halogens is 1. The van der Waals surface area contributed by atoms with Crippen molar-refractivity contribution in [2.45, 2.75) is 52.5 Å². The second-order valence-corrected chi connectivity index (χ2v) is 5.58. The number of carbonyl (C=O) groups is 1. The van der Waals surface area contributed by atoms with Crippen molar-refractivity contribution < 1.29 is 4.79 Å². The monoisotopic (exact) mass is 248 g/mol. The average Bonchev–Trinajstić information content (AvgIpc) is 2.25. The number of nitrogens with zero attached hydrogens (tertiary/aromatic N) is 1. The van der Waals surface area contributed by atoms with Crippen LogP contribution in [0.1, 0.15) is 46.5 Å². The molecule has 1 amide bonds. The van der Waals surface area contributed by atoms with Gasteiger partial charge < -0.3 is 10.6 Å². The summed E-state index contributed by atoms with van der Waals surface area (Å²) in [5.74, 6) is 0.225. The molecule has 1 saturated heterocycles. The molecule has 0 aliphatic carbocycles. The van der Waals surface area contributed by atoms with Gasteiger partial charge in [0.25, 0.3) is 0 Å². The Hall–Kier alpha value is -0.280. The first-order valence-corrected chi connectivity index (χ1v) is 5.94. The van der Waals surface area contributed by atoms with Crippen LogP contribution in [0.5, 0.6) is 0 Å². The second kappa shape index (κ2) is 6.45. The number of amides is 1. The van der Waals surface area contributed by atoms with E-state index in [1.165, 1.54) is 6.42 Å². The number of rotatable bonds is 2. The van der Waals surface area contributed by atoms with Gasteiger partial charge in [-0.05, 0) is 31.6 Å². The highest BCUT2D eigenvalue weighted by molar-refractivity contribution is 5.85. The molecule has 1 aliphatic rings. The third kappa shape index (κ3) is 5.17. The lowest BCUT2D eigenvalue weighted by molar-refractivity contribution is -0.131. The van der Waals surface area contributed by atoms with Crippen LogP contribution in [-0.4, -0.2) is 29.9 Å². The van der Waals surface area contributed by atoms with Gasteiger partial charge in [-0.3, -0.25) is 4.79 Å². The van der Waals surface area contributed by atoms with E-state index in [0.717, 1.165) is 25.9 Å². The highest BCUT2D eigenvalue weighted by atomic mass is 35.5. The van der Waals surface area contributed by atoms with E-state index in [9.17, 15) is 4.79 Å². The van der Waals surface area contributed by atoms with Gasteiger partial charge >= 0.3 is 0 Å². The van der Waals surface area contributed by atoms with E-state index in [4.69, 9.17) is 5.73 Å². The lowest BCUT2D eigenvalue weighted by Crippen LogP contribution is -2.35. The predicted octanol–water partition coefficient (Wildman–Crippen LogP) is 2.18. The van der Waals surface area contributed by atoms with Crippen LogP contribution in [0.25, 0.3) is 0 Å². The predicted molar refractivity (Wildman–Crippen MR) is 69.7 cm³/mol. The SMILES string of the molecule is CC(N)CC(=O)N1CCCC(C)(C)CC1.Cl. The van der Waals surface area contributed by atoms with Crippen molar-refractivity contribution >= 4 is 18.3 Å². The zero-order chi connectivity index (χ0) is 11.5. The van der Waals surface area contributed by atoms with Gasteiger partial charge in [-0.1, -0.05) is 13.8 Å². The van der Waals surface area contributed by atoms with Crippen molar-refractivity contribution in [3.63, 3.8) is 0 Å². The van der Waals surface area contributed by atoms with Crippen molar-refractivity contribution in [3.05, 3.63) is 0 Å². The summed E-state index contributed by atoms with van der Waals surface area (Å²) in [5.41, 5.74) is 6.04. The van der Waals surface area contributed by atoms with Crippen LogP contribution in [-0.2, 0) is 4.79 Å². The molecule has 1 fully saturated rings. The minimum Gasteiger partial charge on any atom is -0.343 e. The molecular formula is C12H25ClN2O. The largest absolute Gasteiger partial charge is 0.343 e. The van der Waals surface area contributed by atoms with Gasteiger partial charge in [-0.2, -0.15) is 0 Å². The Labute approximate surface area is 105 Å². The van der Waals surface area contributed by atoms with E-state index in [1.54, 1.807) is 0 Å². The van der Waals surface area contributed by atoms with E-state index < -0.39 is 0 Å². The Morgan fingerprint density at radius 3 is 2.56 bits per heavy atom. The van der Waals surface area contributed by atoms with Crippen LogP contribution in [0.2, 0.25) is 0 Å². The maximum absolute atomic E-state index is 11.8. The van der Waals surface area contributed by atoms with Gasteiger partial charge in [0.15, 0.2) is 0 Å². The summed E-state index contributed by atoms with van der Waals surface area (Å²) >= 11 is 0. The Morgan fingerprint density at radius 2 is 2.00 bits per heavy atom. The summed E-state index contributed by atoms with van der Waals surface area (Å²) in [4.78, 5) is 13.8. The van der Waals surface area contributed by atoms with Crippen LogP contribution < -0.4 is 5.73 Å². The summed E-state index contributed by atoms with van der Waals surface area (Å²) < 4.78 is 0. The van der Waals surface area contributed by atoms with Gasteiger partial charge in [-0.15, -0.1) is 12.4 Å². The third-order valence-electron chi connectivity index (χ3n) is 3.19. The molecule has 0 aromatic rings. The lowest BCUT2D eigenvalue weighted by Gasteiger charge is -2.23. The number of likely N-dealkylation sites (tertiary alicyclic amines) is 1. The summed E-state index contributed by atoms with van der Waals surface area (Å²) in [6, 6.07) is -0.0197. The van der Waals surface area contributed by atoms with Crippen molar-refractivity contribution in [1.82, 2.24) is 4.90 Å². The minimum absolute atomic E-state index is 0. The second-order valence-electron chi connectivity index (χ2n) is 5.58. The molecule has 1 atom stereocenters. The smallest absolute Gasteiger partial charge is 0.224 e. The molecule has 3 nitrogen and oxygen atoms in total. The summed E-state index contributed by atoms with van der Waals surface area (Å²) in [7, 11) is 0. The number of hydrogen-bond acceptors (Lipinski definition) is 2. The van der Waals surface area contributed by atoms with E-state index in [-0.39, 0.29) is 24.4 Å². The summed E-state index contributed by atoms with van der Waals surface area (Å²) in [5, 5.41) is 0. The fraction of sp³-hybridized carbons (Fsp3) is 0.917. The van der Waals surface area contributed by atoms with Crippen LogP contribution in [0.3, 0.4) is 0 Å². The Balaban J connectivity index is 0.00000225. The standard InChI is InChI=1S/C12H24N2O.ClH/c1-10(13)9-11(15)14-7-4-5-12(2,3)6-8-14;/h10H,4-9,13H2,1-3H3;1H. The molecule has 0 aromatic heterocycles. The maximum atomic E-state index is 11.8. The molecule has 0 saturated carbocycles. The van der Waals surface area contributed by atoms with Crippen LogP contribution in [0.4, 0.5) is 0 Å². The molecule has 1 heterocycles.